The third kappa shape index (κ3) is 4.44. The van der Waals surface area contributed by atoms with Crippen molar-refractivity contribution in [3.8, 4) is 0 Å². The van der Waals surface area contributed by atoms with Gasteiger partial charge in [0.1, 0.15) is 0 Å². The molecular weight excluding hydrogens is 248 g/mol. The SMILES string of the molecule is COCCN(C(C)C1CC1)C(CN)C1CCCCCC1. The monoisotopic (exact) mass is 282 g/mol. The van der Waals surface area contributed by atoms with E-state index in [4.69, 9.17) is 10.5 Å². The fourth-order valence-electron chi connectivity index (χ4n) is 4.01. The summed E-state index contributed by atoms with van der Waals surface area (Å²) in [5, 5.41) is 0. The van der Waals surface area contributed by atoms with Gasteiger partial charge >= 0.3 is 0 Å². The summed E-state index contributed by atoms with van der Waals surface area (Å²) in [7, 11) is 1.81. The molecule has 0 heterocycles. The van der Waals surface area contributed by atoms with Crippen molar-refractivity contribution in [3.05, 3.63) is 0 Å². The van der Waals surface area contributed by atoms with Crippen LogP contribution in [0.4, 0.5) is 0 Å². The Morgan fingerprint density at radius 3 is 2.20 bits per heavy atom. The highest BCUT2D eigenvalue weighted by atomic mass is 16.5. The van der Waals surface area contributed by atoms with Gasteiger partial charge in [-0.25, -0.2) is 0 Å². The van der Waals surface area contributed by atoms with E-state index in [-0.39, 0.29) is 0 Å². The highest BCUT2D eigenvalue weighted by molar-refractivity contribution is 4.91. The Morgan fingerprint density at radius 1 is 1.05 bits per heavy atom. The highest BCUT2D eigenvalue weighted by Gasteiger charge is 2.37. The predicted octanol–water partition coefficient (Wildman–Crippen LogP) is 3.03. The molecule has 20 heavy (non-hydrogen) atoms. The van der Waals surface area contributed by atoms with Gasteiger partial charge in [0.15, 0.2) is 0 Å². The number of ether oxygens (including phenoxy) is 1. The maximum atomic E-state index is 6.20. The van der Waals surface area contributed by atoms with Crippen molar-refractivity contribution in [3.63, 3.8) is 0 Å². The summed E-state index contributed by atoms with van der Waals surface area (Å²) in [5.74, 6) is 1.72. The van der Waals surface area contributed by atoms with Gasteiger partial charge in [0.2, 0.25) is 0 Å². The van der Waals surface area contributed by atoms with Crippen molar-refractivity contribution in [2.45, 2.75) is 70.4 Å². The van der Waals surface area contributed by atoms with Gasteiger partial charge in [-0.3, -0.25) is 4.90 Å². The van der Waals surface area contributed by atoms with Crippen LogP contribution in [0.5, 0.6) is 0 Å². The van der Waals surface area contributed by atoms with Crippen LogP contribution in [-0.4, -0.2) is 43.8 Å². The number of hydrogen-bond acceptors (Lipinski definition) is 3. The van der Waals surface area contributed by atoms with E-state index in [0.717, 1.165) is 31.5 Å². The average Bonchev–Trinajstić information content (AvgIpc) is 3.29. The Hall–Kier alpha value is -0.120. The summed E-state index contributed by atoms with van der Waals surface area (Å²) in [6.45, 7) is 5.10. The van der Waals surface area contributed by atoms with Gasteiger partial charge < -0.3 is 10.5 Å². The maximum Gasteiger partial charge on any atom is 0.0589 e. The number of methoxy groups -OCH3 is 1. The summed E-state index contributed by atoms with van der Waals surface area (Å²) >= 11 is 0. The fourth-order valence-corrected chi connectivity index (χ4v) is 4.01. The molecule has 2 aliphatic rings. The number of hydrogen-bond donors (Lipinski definition) is 1. The smallest absolute Gasteiger partial charge is 0.0589 e. The number of nitrogens with zero attached hydrogens (tertiary/aromatic N) is 1. The maximum absolute atomic E-state index is 6.20. The Morgan fingerprint density at radius 2 is 1.70 bits per heavy atom. The zero-order valence-electron chi connectivity index (χ0n) is 13.5. The quantitative estimate of drug-likeness (QED) is 0.696. The van der Waals surface area contributed by atoms with E-state index in [1.807, 2.05) is 7.11 Å². The summed E-state index contributed by atoms with van der Waals surface area (Å²) in [6, 6.07) is 1.25. The molecule has 118 valence electrons. The van der Waals surface area contributed by atoms with Crippen LogP contribution in [0, 0.1) is 11.8 Å². The predicted molar refractivity (Wildman–Crippen MR) is 84.8 cm³/mol. The second kappa shape index (κ2) is 8.35. The van der Waals surface area contributed by atoms with Crippen LogP contribution in [0.25, 0.3) is 0 Å². The Balaban J connectivity index is 2.01. The molecule has 0 bridgehead atoms. The Kier molecular flexibility index (Phi) is 6.79. The van der Waals surface area contributed by atoms with Gasteiger partial charge in [0, 0.05) is 32.3 Å². The molecule has 2 atom stereocenters. The molecule has 2 unspecified atom stereocenters. The minimum atomic E-state index is 0.568. The zero-order valence-corrected chi connectivity index (χ0v) is 13.5. The molecule has 3 heteroatoms. The molecule has 2 rings (SSSR count). The van der Waals surface area contributed by atoms with E-state index in [1.165, 1.54) is 51.4 Å². The first-order chi connectivity index (χ1) is 9.77. The Bertz CT molecular complexity index is 260. The first-order valence-corrected chi connectivity index (χ1v) is 8.72. The average molecular weight is 282 g/mol. The first kappa shape index (κ1) is 16.3. The minimum Gasteiger partial charge on any atom is -0.383 e. The van der Waals surface area contributed by atoms with Gasteiger partial charge in [0.25, 0.3) is 0 Å². The zero-order chi connectivity index (χ0) is 14.4. The van der Waals surface area contributed by atoms with Crippen molar-refractivity contribution < 1.29 is 4.74 Å². The molecule has 2 N–H and O–H groups in total. The first-order valence-electron chi connectivity index (χ1n) is 8.72. The fraction of sp³-hybridized carbons (Fsp3) is 1.00. The molecule has 0 amide bonds. The lowest BCUT2D eigenvalue weighted by molar-refractivity contribution is 0.0542. The van der Waals surface area contributed by atoms with Gasteiger partial charge in [-0.1, -0.05) is 25.7 Å². The molecule has 0 spiro atoms. The molecule has 2 aliphatic carbocycles. The minimum absolute atomic E-state index is 0.568. The van der Waals surface area contributed by atoms with Crippen molar-refractivity contribution in [1.29, 1.82) is 0 Å². The van der Waals surface area contributed by atoms with E-state index in [9.17, 15) is 0 Å². The second-order valence-corrected chi connectivity index (χ2v) is 6.86. The molecule has 0 aromatic carbocycles. The topological polar surface area (TPSA) is 38.5 Å². The summed E-state index contributed by atoms with van der Waals surface area (Å²) < 4.78 is 5.35. The van der Waals surface area contributed by atoms with Crippen LogP contribution >= 0.6 is 0 Å². The van der Waals surface area contributed by atoms with Crippen LogP contribution in [0.15, 0.2) is 0 Å². The van der Waals surface area contributed by atoms with Gasteiger partial charge in [0.05, 0.1) is 6.61 Å². The molecule has 2 saturated carbocycles. The summed E-state index contributed by atoms with van der Waals surface area (Å²) in [6.07, 6.45) is 11.2. The molecular formula is C17H34N2O. The summed E-state index contributed by atoms with van der Waals surface area (Å²) in [5.41, 5.74) is 6.20. The van der Waals surface area contributed by atoms with Crippen LogP contribution in [0.3, 0.4) is 0 Å². The van der Waals surface area contributed by atoms with E-state index in [0.29, 0.717) is 12.1 Å². The van der Waals surface area contributed by atoms with E-state index in [2.05, 4.69) is 11.8 Å². The van der Waals surface area contributed by atoms with E-state index < -0.39 is 0 Å². The standard InChI is InChI=1S/C17H34N2O/c1-14(15-9-10-15)19(11-12-20-2)17(13-18)16-7-5-3-4-6-8-16/h14-17H,3-13,18H2,1-2H3. The van der Waals surface area contributed by atoms with Crippen molar-refractivity contribution >= 4 is 0 Å². The summed E-state index contributed by atoms with van der Waals surface area (Å²) in [4.78, 5) is 2.69. The van der Waals surface area contributed by atoms with Crippen LogP contribution in [-0.2, 0) is 4.74 Å². The highest BCUT2D eigenvalue weighted by Crippen LogP contribution is 2.37. The third-order valence-corrected chi connectivity index (χ3v) is 5.49. The van der Waals surface area contributed by atoms with Crippen molar-refractivity contribution in [2.24, 2.45) is 17.6 Å². The van der Waals surface area contributed by atoms with Crippen LogP contribution in [0.2, 0.25) is 0 Å². The largest absolute Gasteiger partial charge is 0.383 e. The number of nitrogens with two attached hydrogens (primary N) is 1. The molecule has 3 nitrogen and oxygen atoms in total. The van der Waals surface area contributed by atoms with Gasteiger partial charge in [-0.05, 0) is 44.4 Å². The molecule has 0 radical (unpaired) electrons. The molecule has 0 aromatic heterocycles. The lowest BCUT2D eigenvalue weighted by atomic mass is 9.89. The Labute approximate surface area is 125 Å². The third-order valence-electron chi connectivity index (χ3n) is 5.49. The molecule has 0 aliphatic heterocycles. The van der Waals surface area contributed by atoms with Gasteiger partial charge in [-0.15, -0.1) is 0 Å². The molecule has 2 fully saturated rings. The molecule has 0 saturated heterocycles. The van der Waals surface area contributed by atoms with Crippen LogP contribution < -0.4 is 5.73 Å². The lowest BCUT2D eigenvalue weighted by Crippen LogP contribution is -2.51. The van der Waals surface area contributed by atoms with Crippen molar-refractivity contribution in [2.75, 3.05) is 26.8 Å². The van der Waals surface area contributed by atoms with E-state index in [1.54, 1.807) is 0 Å². The van der Waals surface area contributed by atoms with Crippen LogP contribution in [0.1, 0.15) is 58.3 Å². The normalized spacial score (nSPS) is 24.6. The lowest BCUT2D eigenvalue weighted by Gasteiger charge is -2.40. The van der Waals surface area contributed by atoms with Gasteiger partial charge in [-0.2, -0.15) is 0 Å². The number of rotatable bonds is 8. The molecule has 0 aromatic rings. The van der Waals surface area contributed by atoms with E-state index >= 15 is 0 Å². The second-order valence-electron chi connectivity index (χ2n) is 6.86. The van der Waals surface area contributed by atoms with Crippen molar-refractivity contribution in [1.82, 2.24) is 4.90 Å².